The summed E-state index contributed by atoms with van der Waals surface area (Å²) in [5.41, 5.74) is 4.27. The largest absolute Gasteiger partial charge is 0.360 e. The van der Waals surface area contributed by atoms with Gasteiger partial charge in [0.05, 0.1) is 11.5 Å². The maximum atomic E-state index is 11.7. The van der Waals surface area contributed by atoms with E-state index in [1.54, 1.807) is 0 Å². The first-order valence-electron chi connectivity index (χ1n) is 10.5. The highest BCUT2D eigenvalue weighted by Crippen LogP contribution is 2.29. The van der Waals surface area contributed by atoms with Crippen LogP contribution in [0.15, 0.2) is 79.3 Å². The average Bonchev–Trinajstić information content (AvgIpc) is 3.54. The van der Waals surface area contributed by atoms with Crippen molar-refractivity contribution in [1.29, 1.82) is 0 Å². The molecule has 1 saturated heterocycles. The molecule has 4 rings (SSSR count). The van der Waals surface area contributed by atoms with Gasteiger partial charge in [-0.2, -0.15) is 0 Å². The van der Waals surface area contributed by atoms with Gasteiger partial charge in [0.2, 0.25) is 5.91 Å². The molecule has 4 N–H and O–H groups in total. The Hall–Kier alpha value is -3.21. The van der Waals surface area contributed by atoms with Crippen molar-refractivity contribution in [3.05, 3.63) is 90.4 Å². The average molecular weight is 405 g/mol. The molecule has 2 fully saturated rings. The molecule has 0 bridgehead atoms. The molecule has 1 aliphatic heterocycles. The van der Waals surface area contributed by atoms with Gasteiger partial charge in [0.1, 0.15) is 6.17 Å². The normalized spacial score (nSPS) is 17.5. The lowest BCUT2D eigenvalue weighted by atomic mass is 10.0. The summed E-state index contributed by atoms with van der Waals surface area (Å²) in [5, 5.41) is 12.6. The van der Waals surface area contributed by atoms with E-state index in [4.69, 9.17) is 0 Å². The van der Waals surface area contributed by atoms with Gasteiger partial charge in [-0.25, -0.2) is 0 Å². The number of anilines is 1. The van der Waals surface area contributed by atoms with Gasteiger partial charge in [-0.15, -0.1) is 0 Å². The number of hydrogen-bond donors (Lipinski definition) is 4. The van der Waals surface area contributed by atoms with Gasteiger partial charge in [0.25, 0.3) is 0 Å². The summed E-state index contributed by atoms with van der Waals surface area (Å²) < 4.78 is 0. The van der Waals surface area contributed by atoms with Crippen molar-refractivity contribution in [3.8, 4) is 0 Å². The summed E-state index contributed by atoms with van der Waals surface area (Å²) in [6, 6.07) is 18.5. The highest BCUT2D eigenvalue weighted by Gasteiger charge is 2.29. The van der Waals surface area contributed by atoms with E-state index in [1.807, 2.05) is 30.3 Å². The van der Waals surface area contributed by atoms with Crippen LogP contribution in [0.2, 0.25) is 0 Å². The molecule has 5 nitrogen and oxygen atoms in total. The second kappa shape index (κ2) is 10.0. The van der Waals surface area contributed by atoms with Crippen molar-refractivity contribution >= 4 is 11.6 Å². The first-order chi connectivity index (χ1) is 14.4. The van der Waals surface area contributed by atoms with E-state index in [2.05, 4.69) is 72.5 Å². The molecule has 0 aromatic heterocycles. The minimum Gasteiger partial charge on any atom is -0.360 e. The maximum Gasteiger partial charge on any atom is 0.223 e. The standard InChI is InChI=1S/C16H20N4O.C9H12/c1-10-15(19-11(2)18-10)20-14-6-4-3-5-13(14)9-17-16(21)12-7-8-12;1-8(2)9-6-4-3-5-7-9/h3-6,12,15,18-20H,1-2,7-9H2,(H,17,21);3-8H,1-2H3. The van der Waals surface area contributed by atoms with Crippen molar-refractivity contribution in [2.75, 3.05) is 5.32 Å². The van der Waals surface area contributed by atoms with E-state index in [-0.39, 0.29) is 18.0 Å². The smallest absolute Gasteiger partial charge is 0.223 e. The summed E-state index contributed by atoms with van der Waals surface area (Å²) >= 11 is 0. The Labute approximate surface area is 179 Å². The van der Waals surface area contributed by atoms with Gasteiger partial charge in [0, 0.05) is 18.2 Å². The second-order valence-electron chi connectivity index (χ2n) is 8.07. The molecule has 1 atom stereocenters. The molecule has 0 radical (unpaired) electrons. The predicted molar refractivity (Wildman–Crippen MR) is 124 cm³/mol. The Kier molecular flexibility index (Phi) is 7.17. The van der Waals surface area contributed by atoms with E-state index in [0.29, 0.717) is 12.5 Å². The van der Waals surface area contributed by atoms with E-state index in [1.165, 1.54) is 5.56 Å². The lowest BCUT2D eigenvalue weighted by Gasteiger charge is -2.18. The van der Waals surface area contributed by atoms with Crippen molar-refractivity contribution in [2.45, 2.75) is 45.3 Å². The zero-order valence-electron chi connectivity index (χ0n) is 17.9. The zero-order valence-corrected chi connectivity index (χ0v) is 17.9. The number of rotatable bonds is 6. The molecule has 2 aromatic carbocycles. The lowest BCUT2D eigenvalue weighted by molar-refractivity contribution is -0.122. The third-order valence-corrected chi connectivity index (χ3v) is 5.16. The van der Waals surface area contributed by atoms with Crippen LogP contribution in [-0.4, -0.2) is 12.1 Å². The third kappa shape index (κ3) is 6.14. The van der Waals surface area contributed by atoms with Crippen LogP contribution in [0, 0.1) is 5.92 Å². The van der Waals surface area contributed by atoms with Gasteiger partial charge < -0.3 is 21.3 Å². The fourth-order valence-corrected chi connectivity index (χ4v) is 3.17. The number of hydrogen-bond acceptors (Lipinski definition) is 4. The van der Waals surface area contributed by atoms with E-state index in [9.17, 15) is 4.79 Å². The number of amides is 1. The summed E-state index contributed by atoms with van der Waals surface area (Å²) in [6.07, 6.45) is 1.94. The molecular formula is C25H32N4O. The summed E-state index contributed by atoms with van der Waals surface area (Å²) in [5.74, 6) is 1.78. The van der Waals surface area contributed by atoms with Gasteiger partial charge in [-0.05, 0) is 36.0 Å². The highest BCUT2D eigenvalue weighted by atomic mass is 16.2. The SMILES string of the molecule is C=C1NC(=C)C(Nc2ccccc2CNC(=O)C2CC2)N1.CC(C)c1ccccc1. The first-order valence-corrected chi connectivity index (χ1v) is 10.5. The Morgan fingerprint density at radius 2 is 1.73 bits per heavy atom. The highest BCUT2D eigenvalue weighted by molar-refractivity contribution is 5.81. The van der Waals surface area contributed by atoms with Crippen LogP contribution in [-0.2, 0) is 11.3 Å². The summed E-state index contributed by atoms with van der Waals surface area (Å²) in [4.78, 5) is 11.7. The van der Waals surface area contributed by atoms with Crippen molar-refractivity contribution < 1.29 is 4.79 Å². The molecule has 2 aromatic rings. The lowest BCUT2D eigenvalue weighted by Crippen LogP contribution is -2.31. The van der Waals surface area contributed by atoms with Crippen molar-refractivity contribution in [3.63, 3.8) is 0 Å². The molecule has 0 spiro atoms. The molecule has 2 aliphatic rings. The predicted octanol–water partition coefficient (Wildman–Crippen LogP) is 4.44. The molecule has 1 unspecified atom stereocenters. The van der Waals surface area contributed by atoms with E-state index in [0.717, 1.165) is 35.6 Å². The molecule has 1 amide bonds. The van der Waals surface area contributed by atoms with Crippen LogP contribution in [0.1, 0.15) is 43.7 Å². The van der Waals surface area contributed by atoms with Crippen molar-refractivity contribution in [1.82, 2.24) is 16.0 Å². The number of carbonyl (C=O) groups is 1. The Bertz CT molecular complexity index is 887. The number of para-hydroxylation sites is 1. The monoisotopic (exact) mass is 404 g/mol. The van der Waals surface area contributed by atoms with E-state index >= 15 is 0 Å². The van der Waals surface area contributed by atoms with Gasteiger partial charge >= 0.3 is 0 Å². The quantitative estimate of drug-likeness (QED) is 0.575. The third-order valence-electron chi connectivity index (χ3n) is 5.16. The van der Waals surface area contributed by atoms with Crippen LogP contribution < -0.4 is 21.3 Å². The summed E-state index contributed by atoms with van der Waals surface area (Å²) in [6.45, 7) is 12.7. The van der Waals surface area contributed by atoms with Gasteiger partial charge in [-0.3, -0.25) is 4.79 Å². The van der Waals surface area contributed by atoms with Crippen LogP contribution in [0.3, 0.4) is 0 Å². The number of benzene rings is 2. The van der Waals surface area contributed by atoms with Crippen LogP contribution in [0.25, 0.3) is 0 Å². The van der Waals surface area contributed by atoms with Gasteiger partial charge in [0.15, 0.2) is 0 Å². The first kappa shape index (κ1) is 21.5. The fraction of sp³-hybridized carbons (Fsp3) is 0.320. The molecule has 1 saturated carbocycles. The number of carbonyl (C=O) groups excluding carboxylic acids is 1. The van der Waals surface area contributed by atoms with Crippen LogP contribution >= 0.6 is 0 Å². The molecule has 1 aliphatic carbocycles. The molecule has 5 heteroatoms. The fourth-order valence-electron chi connectivity index (χ4n) is 3.17. The molecule has 30 heavy (non-hydrogen) atoms. The maximum absolute atomic E-state index is 11.7. The minimum absolute atomic E-state index is 0.0993. The zero-order chi connectivity index (χ0) is 21.5. The Morgan fingerprint density at radius 1 is 1.07 bits per heavy atom. The van der Waals surface area contributed by atoms with Crippen molar-refractivity contribution in [2.24, 2.45) is 5.92 Å². The van der Waals surface area contributed by atoms with Crippen LogP contribution in [0.4, 0.5) is 5.69 Å². The molecule has 1 heterocycles. The Morgan fingerprint density at radius 3 is 2.30 bits per heavy atom. The second-order valence-corrected chi connectivity index (χ2v) is 8.07. The minimum atomic E-state index is -0.0993. The Balaban J connectivity index is 0.000000239. The summed E-state index contributed by atoms with van der Waals surface area (Å²) in [7, 11) is 0. The van der Waals surface area contributed by atoms with Gasteiger partial charge in [-0.1, -0.05) is 75.5 Å². The topological polar surface area (TPSA) is 65.2 Å². The number of nitrogens with one attached hydrogen (secondary N) is 4. The molecular weight excluding hydrogens is 372 g/mol. The van der Waals surface area contributed by atoms with Crippen LogP contribution in [0.5, 0.6) is 0 Å². The van der Waals surface area contributed by atoms with E-state index < -0.39 is 0 Å². The molecule has 158 valence electrons.